The number of hydrogen-bond acceptors (Lipinski definition) is 2. The molecular formula is C13H14O2. The molecule has 0 radical (unpaired) electrons. The van der Waals surface area contributed by atoms with Crippen molar-refractivity contribution in [3.05, 3.63) is 35.6 Å². The van der Waals surface area contributed by atoms with E-state index in [9.17, 15) is 4.79 Å². The lowest BCUT2D eigenvalue weighted by atomic mass is 9.89. The highest BCUT2D eigenvalue weighted by Gasteiger charge is 2.27. The molecule has 0 aliphatic carbocycles. The molecule has 2 heteroatoms. The third-order valence-electron chi connectivity index (χ3n) is 2.72. The molecule has 0 unspecified atom stereocenters. The fraction of sp³-hybridized carbons (Fsp3) is 0.308. The normalized spacial score (nSPS) is 11.9. The maximum absolute atomic E-state index is 11.0. The molecule has 2 rings (SSSR count). The van der Waals surface area contributed by atoms with Gasteiger partial charge in [-0.2, -0.15) is 0 Å². The van der Waals surface area contributed by atoms with Crippen molar-refractivity contribution >= 4 is 17.3 Å². The van der Waals surface area contributed by atoms with Crippen molar-refractivity contribution < 1.29 is 9.21 Å². The van der Waals surface area contributed by atoms with E-state index in [1.807, 2.05) is 45.0 Å². The van der Waals surface area contributed by atoms with Crippen molar-refractivity contribution in [2.45, 2.75) is 26.2 Å². The topological polar surface area (TPSA) is 30.2 Å². The molecule has 0 saturated carbocycles. The molecule has 1 aromatic carbocycles. The predicted molar refractivity (Wildman–Crippen MR) is 60.0 cm³/mol. The van der Waals surface area contributed by atoms with Crippen LogP contribution in [-0.2, 0) is 10.2 Å². The Kier molecular flexibility index (Phi) is 2.14. The van der Waals surface area contributed by atoms with Crippen molar-refractivity contribution in [2.24, 2.45) is 0 Å². The SMILES string of the molecule is Cc1c(C(C)(C)C=O)oc2ccccc12. The first-order valence-electron chi connectivity index (χ1n) is 5.01. The van der Waals surface area contributed by atoms with Gasteiger partial charge in [0.15, 0.2) is 0 Å². The minimum Gasteiger partial charge on any atom is -0.460 e. The molecule has 78 valence electrons. The highest BCUT2D eigenvalue weighted by atomic mass is 16.3. The summed E-state index contributed by atoms with van der Waals surface area (Å²) in [6, 6.07) is 7.84. The van der Waals surface area contributed by atoms with Gasteiger partial charge >= 0.3 is 0 Å². The summed E-state index contributed by atoms with van der Waals surface area (Å²) in [7, 11) is 0. The average molecular weight is 202 g/mol. The molecule has 0 saturated heterocycles. The molecule has 15 heavy (non-hydrogen) atoms. The van der Waals surface area contributed by atoms with E-state index in [0.717, 1.165) is 28.6 Å². The van der Waals surface area contributed by atoms with Gasteiger partial charge in [-0.3, -0.25) is 0 Å². The van der Waals surface area contributed by atoms with Crippen LogP contribution in [0.25, 0.3) is 11.0 Å². The highest BCUT2D eigenvalue weighted by Crippen LogP contribution is 2.32. The van der Waals surface area contributed by atoms with Gasteiger partial charge in [-0.25, -0.2) is 0 Å². The second-order valence-electron chi connectivity index (χ2n) is 4.39. The second kappa shape index (κ2) is 3.23. The zero-order chi connectivity index (χ0) is 11.1. The lowest BCUT2D eigenvalue weighted by molar-refractivity contribution is -0.112. The zero-order valence-corrected chi connectivity index (χ0v) is 9.20. The molecule has 2 aromatic rings. The van der Waals surface area contributed by atoms with Gasteiger partial charge in [-0.15, -0.1) is 0 Å². The summed E-state index contributed by atoms with van der Waals surface area (Å²) in [5.41, 5.74) is 1.35. The lowest BCUT2D eigenvalue weighted by Gasteiger charge is -2.14. The van der Waals surface area contributed by atoms with E-state index in [1.54, 1.807) is 0 Å². The fourth-order valence-corrected chi connectivity index (χ4v) is 1.84. The Hall–Kier alpha value is -1.57. The first kappa shape index (κ1) is 9.97. The molecule has 1 aromatic heterocycles. The smallest absolute Gasteiger partial charge is 0.134 e. The number of rotatable bonds is 2. The largest absolute Gasteiger partial charge is 0.460 e. The Morgan fingerprint density at radius 1 is 1.27 bits per heavy atom. The summed E-state index contributed by atoms with van der Waals surface area (Å²) in [6.07, 6.45) is 0.928. The second-order valence-corrected chi connectivity index (χ2v) is 4.39. The molecule has 0 bridgehead atoms. The van der Waals surface area contributed by atoms with Crippen molar-refractivity contribution in [1.29, 1.82) is 0 Å². The predicted octanol–water partition coefficient (Wildman–Crippen LogP) is 3.22. The van der Waals surface area contributed by atoms with Crippen LogP contribution < -0.4 is 0 Å². The Labute approximate surface area is 88.9 Å². The Balaban J connectivity index is 2.73. The van der Waals surface area contributed by atoms with Gasteiger partial charge in [0.05, 0.1) is 5.41 Å². The number of aryl methyl sites for hydroxylation is 1. The summed E-state index contributed by atoms with van der Waals surface area (Å²) < 4.78 is 5.72. The van der Waals surface area contributed by atoms with E-state index in [-0.39, 0.29) is 0 Å². The number of aldehydes is 1. The first-order valence-corrected chi connectivity index (χ1v) is 5.01. The lowest BCUT2D eigenvalue weighted by Crippen LogP contribution is -2.18. The molecule has 0 aliphatic rings. The van der Waals surface area contributed by atoms with Gasteiger partial charge in [0, 0.05) is 5.39 Å². The van der Waals surface area contributed by atoms with Crippen LogP contribution in [-0.4, -0.2) is 6.29 Å². The molecule has 0 atom stereocenters. The zero-order valence-electron chi connectivity index (χ0n) is 9.20. The van der Waals surface area contributed by atoms with Crippen LogP contribution in [0.15, 0.2) is 28.7 Å². The summed E-state index contributed by atoms with van der Waals surface area (Å²) in [5.74, 6) is 0.763. The number of para-hydroxylation sites is 1. The van der Waals surface area contributed by atoms with E-state index in [0.29, 0.717) is 0 Å². The Bertz CT molecular complexity index is 506. The molecule has 0 aliphatic heterocycles. The Morgan fingerprint density at radius 3 is 2.53 bits per heavy atom. The quantitative estimate of drug-likeness (QED) is 0.700. The molecular weight excluding hydrogens is 188 g/mol. The van der Waals surface area contributed by atoms with E-state index in [1.165, 1.54) is 0 Å². The van der Waals surface area contributed by atoms with Crippen molar-refractivity contribution in [3.8, 4) is 0 Å². The van der Waals surface area contributed by atoms with Gasteiger partial charge < -0.3 is 9.21 Å². The van der Waals surface area contributed by atoms with Crippen LogP contribution in [0.2, 0.25) is 0 Å². The van der Waals surface area contributed by atoms with Crippen LogP contribution in [0.4, 0.5) is 0 Å². The molecule has 1 heterocycles. The summed E-state index contributed by atoms with van der Waals surface area (Å²) in [6.45, 7) is 5.72. The van der Waals surface area contributed by atoms with Gasteiger partial charge in [0.1, 0.15) is 17.6 Å². The molecule has 0 N–H and O–H groups in total. The fourth-order valence-electron chi connectivity index (χ4n) is 1.84. The van der Waals surface area contributed by atoms with E-state index >= 15 is 0 Å². The highest BCUT2D eigenvalue weighted by molar-refractivity contribution is 5.84. The van der Waals surface area contributed by atoms with Crippen LogP contribution in [0.1, 0.15) is 25.2 Å². The van der Waals surface area contributed by atoms with Gasteiger partial charge in [-0.1, -0.05) is 18.2 Å². The summed E-state index contributed by atoms with van der Waals surface area (Å²) in [4.78, 5) is 11.0. The summed E-state index contributed by atoms with van der Waals surface area (Å²) in [5, 5.41) is 1.09. The van der Waals surface area contributed by atoms with Gasteiger partial charge in [-0.05, 0) is 32.4 Å². The van der Waals surface area contributed by atoms with E-state index in [4.69, 9.17) is 4.42 Å². The maximum atomic E-state index is 11.0. The summed E-state index contributed by atoms with van der Waals surface area (Å²) >= 11 is 0. The standard InChI is InChI=1S/C13H14O2/c1-9-10-6-4-5-7-11(10)15-12(9)13(2,3)8-14/h4-8H,1-3H3. The average Bonchev–Trinajstić information content (AvgIpc) is 2.58. The van der Waals surface area contributed by atoms with Crippen LogP contribution in [0.5, 0.6) is 0 Å². The minimum atomic E-state index is -0.552. The molecule has 2 nitrogen and oxygen atoms in total. The van der Waals surface area contributed by atoms with Crippen LogP contribution in [0, 0.1) is 6.92 Å². The third kappa shape index (κ3) is 1.46. The van der Waals surface area contributed by atoms with E-state index < -0.39 is 5.41 Å². The van der Waals surface area contributed by atoms with E-state index in [2.05, 4.69) is 0 Å². The van der Waals surface area contributed by atoms with Crippen molar-refractivity contribution in [2.75, 3.05) is 0 Å². The van der Waals surface area contributed by atoms with Crippen LogP contribution >= 0.6 is 0 Å². The monoisotopic (exact) mass is 202 g/mol. The number of fused-ring (bicyclic) bond motifs is 1. The van der Waals surface area contributed by atoms with Gasteiger partial charge in [0.25, 0.3) is 0 Å². The molecule has 0 spiro atoms. The Morgan fingerprint density at radius 2 is 1.93 bits per heavy atom. The minimum absolute atomic E-state index is 0.552. The third-order valence-corrected chi connectivity index (χ3v) is 2.72. The van der Waals surface area contributed by atoms with Crippen LogP contribution in [0.3, 0.4) is 0 Å². The number of carbonyl (C=O) groups is 1. The molecule has 0 amide bonds. The van der Waals surface area contributed by atoms with Gasteiger partial charge in [0.2, 0.25) is 0 Å². The number of hydrogen-bond donors (Lipinski definition) is 0. The van der Waals surface area contributed by atoms with Crippen molar-refractivity contribution in [3.63, 3.8) is 0 Å². The number of furan rings is 1. The number of carbonyl (C=O) groups excluding carboxylic acids is 1. The molecule has 0 fully saturated rings. The maximum Gasteiger partial charge on any atom is 0.134 e. The first-order chi connectivity index (χ1) is 7.06. The van der Waals surface area contributed by atoms with Crippen molar-refractivity contribution in [1.82, 2.24) is 0 Å². The number of benzene rings is 1.